The molecule has 0 saturated heterocycles. The average Bonchev–Trinajstić information content (AvgIpc) is 3.05. The maximum atomic E-state index is 11.8. The summed E-state index contributed by atoms with van der Waals surface area (Å²) in [4.78, 5) is 11.8. The molecule has 0 saturated carbocycles. The third kappa shape index (κ3) is 4.43. The molecule has 4 nitrogen and oxygen atoms in total. The molecule has 0 spiro atoms. The van der Waals surface area contributed by atoms with Gasteiger partial charge in [0.2, 0.25) is 0 Å². The highest BCUT2D eigenvalue weighted by molar-refractivity contribution is 5.98. The average molecular weight is 460 g/mol. The van der Waals surface area contributed by atoms with E-state index in [0.717, 1.165) is 29.7 Å². The second-order valence-corrected chi connectivity index (χ2v) is 8.90. The molecule has 35 heavy (non-hydrogen) atoms. The molecule has 172 valence electrons. The second kappa shape index (κ2) is 9.15. The summed E-state index contributed by atoms with van der Waals surface area (Å²) in [7, 11) is 0. The van der Waals surface area contributed by atoms with E-state index >= 15 is 0 Å². The number of fused-ring (bicyclic) bond motifs is 3. The molecule has 0 radical (unpaired) electrons. The number of rotatable bonds is 4. The lowest BCUT2D eigenvalue weighted by atomic mass is 9.92. The predicted molar refractivity (Wildman–Crippen MR) is 139 cm³/mol. The summed E-state index contributed by atoms with van der Waals surface area (Å²) < 4.78 is 11.7. The SMILES string of the molecule is O=C1COc2ccc(C=C3c4ccccc4CCc4cc(OCc5ccccc5)ccc43)cc2N1. The molecule has 6 rings (SSSR count). The van der Waals surface area contributed by atoms with Crippen molar-refractivity contribution in [2.45, 2.75) is 19.4 Å². The van der Waals surface area contributed by atoms with E-state index in [0.29, 0.717) is 18.0 Å². The van der Waals surface area contributed by atoms with Crippen LogP contribution in [0.1, 0.15) is 33.4 Å². The van der Waals surface area contributed by atoms with Crippen LogP contribution in [0.2, 0.25) is 0 Å². The first-order chi connectivity index (χ1) is 17.2. The molecule has 2 aliphatic rings. The van der Waals surface area contributed by atoms with E-state index in [1.165, 1.54) is 27.8 Å². The van der Waals surface area contributed by atoms with Gasteiger partial charge in [0, 0.05) is 0 Å². The highest BCUT2D eigenvalue weighted by Crippen LogP contribution is 2.38. The molecule has 1 aliphatic heterocycles. The van der Waals surface area contributed by atoms with Crippen LogP contribution in [0.3, 0.4) is 0 Å². The first-order valence-corrected chi connectivity index (χ1v) is 11.9. The number of benzene rings is 4. The smallest absolute Gasteiger partial charge is 0.262 e. The van der Waals surface area contributed by atoms with E-state index in [4.69, 9.17) is 9.47 Å². The number of anilines is 1. The van der Waals surface area contributed by atoms with Gasteiger partial charge in [-0.15, -0.1) is 0 Å². The Bertz CT molecular complexity index is 1440. The quantitative estimate of drug-likeness (QED) is 0.390. The number of ether oxygens (including phenoxy) is 2. The van der Waals surface area contributed by atoms with Gasteiger partial charge in [-0.3, -0.25) is 4.79 Å². The normalized spacial score (nSPS) is 15.2. The van der Waals surface area contributed by atoms with Gasteiger partial charge in [0.05, 0.1) is 5.69 Å². The van der Waals surface area contributed by atoms with Crippen LogP contribution in [0.15, 0.2) is 91.0 Å². The Morgan fingerprint density at radius 1 is 0.829 bits per heavy atom. The fourth-order valence-corrected chi connectivity index (χ4v) is 4.80. The van der Waals surface area contributed by atoms with E-state index in [1.54, 1.807) is 0 Å². The number of aryl methyl sites for hydroxylation is 2. The maximum Gasteiger partial charge on any atom is 0.262 e. The van der Waals surface area contributed by atoms with Crippen molar-refractivity contribution in [3.05, 3.63) is 124 Å². The number of carbonyl (C=O) groups is 1. The Balaban J connectivity index is 1.38. The van der Waals surface area contributed by atoms with E-state index in [1.807, 2.05) is 36.4 Å². The topological polar surface area (TPSA) is 47.6 Å². The lowest BCUT2D eigenvalue weighted by Gasteiger charge is -2.18. The molecule has 1 amide bonds. The number of nitrogens with one attached hydrogen (secondary N) is 1. The predicted octanol–water partition coefficient (Wildman–Crippen LogP) is 6.28. The standard InChI is InChI=1S/C31H25NO3/c33-31-20-35-30-15-10-22(17-29(30)32-31)16-28-26-9-5-4-8-23(26)11-12-24-18-25(13-14-27(24)28)34-19-21-6-2-1-3-7-21/h1-10,13-18H,11-12,19-20H2,(H,32,33). The van der Waals surface area contributed by atoms with Gasteiger partial charge in [-0.2, -0.15) is 0 Å². The van der Waals surface area contributed by atoms with Gasteiger partial charge < -0.3 is 14.8 Å². The monoisotopic (exact) mass is 459 g/mol. The van der Waals surface area contributed by atoms with Crippen LogP contribution in [0.5, 0.6) is 11.5 Å². The Hall–Kier alpha value is -4.31. The molecular weight excluding hydrogens is 434 g/mol. The van der Waals surface area contributed by atoms with Crippen molar-refractivity contribution in [2.75, 3.05) is 11.9 Å². The number of amides is 1. The van der Waals surface area contributed by atoms with Crippen molar-refractivity contribution >= 4 is 23.2 Å². The fourth-order valence-electron chi connectivity index (χ4n) is 4.80. The highest BCUT2D eigenvalue weighted by atomic mass is 16.5. The van der Waals surface area contributed by atoms with Crippen LogP contribution in [0.25, 0.3) is 11.6 Å². The fraction of sp³-hybridized carbons (Fsp3) is 0.129. The number of hydrogen-bond donors (Lipinski definition) is 1. The van der Waals surface area contributed by atoms with Crippen LogP contribution in [0.4, 0.5) is 5.69 Å². The number of hydrogen-bond acceptors (Lipinski definition) is 3. The van der Waals surface area contributed by atoms with Crippen molar-refractivity contribution in [2.24, 2.45) is 0 Å². The third-order valence-electron chi connectivity index (χ3n) is 6.53. The van der Waals surface area contributed by atoms with Crippen molar-refractivity contribution in [1.82, 2.24) is 0 Å². The first-order valence-electron chi connectivity index (χ1n) is 11.9. The second-order valence-electron chi connectivity index (χ2n) is 8.90. The minimum atomic E-state index is -0.129. The molecule has 4 heteroatoms. The molecule has 0 atom stereocenters. The maximum absolute atomic E-state index is 11.8. The summed E-state index contributed by atoms with van der Waals surface area (Å²) in [6.07, 6.45) is 4.12. The molecular formula is C31H25NO3. The molecule has 1 aliphatic carbocycles. The molecule has 1 N–H and O–H groups in total. The lowest BCUT2D eigenvalue weighted by Crippen LogP contribution is -2.25. The van der Waals surface area contributed by atoms with Crippen LogP contribution in [0, 0.1) is 0 Å². The van der Waals surface area contributed by atoms with Crippen molar-refractivity contribution < 1.29 is 14.3 Å². The summed E-state index contributed by atoms with van der Waals surface area (Å²) in [6.45, 7) is 0.605. The lowest BCUT2D eigenvalue weighted by molar-refractivity contribution is -0.118. The zero-order valence-electron chi connectivity index (χ0n) is 19.3. The molecule has 0 fully saturated rings. The Labute approximate surface area is 204 Å². The Kier molecular flexibility index (Phi) is 5.55. The van der Waals surface area contributed by atoms with Gasteiger partial charge >= 0.3 is 0 Å². The molecule has 0 bridgehead atoms. The number of carbonyl (C=O) groups excluding carboxylic acids is 1. The first kappa shape index (κ1) is 21.2. The molecule has 0 aromatic heterocycles. The summed E-state index contributed by atoms with van der Waals surface area (Å²) in [5.41, 5.74) is 9.09. The van der Waals surface area contributed by atoms with Gasteiger partial charge in [-0.05, 0) is 82.1 Å². The van der Waals surface area contributed by atoms with Gasteiger partial charge in [-0.25, -0.2) is 0 Å². The largest absolute Gasteiger partial charge is 0.489 e. The van der Waals surface area contributed by atoms with Gasteiger partial charge in [0.15, 0.2) is 6.61 Å². The summed E-state index contributed by atoms with van der Waals surface area (Å²) in [6, 6.07) is 31.2. The zero-order chi connectivity index (χ0) is 23.6. The van der Waals surface area contributed by atoms with E-state index < -0.39 is 0 Å². The summed E-state index contributed by atoms with van der Waals surface area (Å²) >= 11 is 0. The van der Waals surface area contributed by atoms with E-state index in [-0.39, 0.29) is 12.5 Å². The minimum absolute atomic E-state index is 0.0584. The molecule has 4 aromatic rings. The van der Waals surface area contributed by atoms with Crippen molar-refractivity contribution in [1.29, 1.82) is 0 Å². The van der Waals surface area contributed by atoms with Crippen LogP contribution in [-0.2, 0) is 24.2 Å². The summed E-state index contributed by atoms with van der Waals surface area (Å²) in [5.74, 6) is 1.45. The van der Waals surface area contributed by atoms with Crippen molar-refractivity contribution in [3.63, 3.8) is 0 Å². The minimum Gasteiger partial charge on any atom is -0.489 e. The third-order valence-corrected chi connectivity index (χ3v) is 6.53. The Morgan fingerprint density at radius 3 is 2.54 bits per heavy atom. The van der Waals surface area contributed by atoms with E-state index in [9.17, 15) is 4.79 Å². The van der Waals surface area contributed by atoms with Gasteiger partial charge in [0.25, 0.3) is 5.91 Å². The van der Waals surface area contributed by atoms with Crippen LogP contribution < -0.4 is 14.8 Å². The Morgan fingerprint density at radius 2 is 1.63 bits per heavy atom. The van der Waals surface area contributed by atoms with Gasteiger partial charge in [0.1, 0.15) is 18.1 Å². The van der Waals surface area contributed by atoms with E-state index in [2.05, 4.69) is 66.0 Å². The molecule has 1 heterocycles. The van der Waals surface area contributed by atoms with Crippen molar-refractivity contribution in [3.8, 4) is 11.5 Å². The van der Waals surface area contributed by atoms with Gasteiger partial charge in [-0.1, -0.05) is 66.7 Å². The zero-order valence-corrected chi connectivity index (χ0v) is 19.3. The highest BCUT2D eigenvalue weighted by Gasteiger charge is 2.20. The summed E-state index contributed by atoms with van der Waals surface area (Å²) in [5, 5.41) is 2.91. The van der Waals surface area contributed by atoms with Crippen LogP contribution >= 0.6 is 0 Å². The van der Waals surface area contributed by atoms with Crippen LogP contribution in [-0.4, -0.2) is 12.5 Å². The molecule has 0 unspecified atom stereocenters. The molecule has 4 aromatic carbocycles.